The molecule has 4 nitrogen and oxygen atoms in total. The number of hydrogen-bond acceptors (Lipinski definition) is 4. The summed E-state index contributed by atoms with van der Waals surface area (Å²) in [5, 5.41) is 9.77. The maximum Gasteiger partial charge on any atom is 0.335 e. The second kappa shape index (κ2) is 7.03. The number of carbonyl (C=O) groups excluding carboxylic acids is 1. The van der Waals surface area contributed by atoms with Gasteiger partial charge in [-0.3, -0.25) is 4.90 Å². The molecule has 142 valence electrons. The third kappa shape index (κ3) is 3.66. The van der Waals surface area contributed by atoms with Crippen LogP contribution in [0.1, 0.15) is 72.6 Å². The summed E-state index contributed by atoms with van der Waals surface area (Å²) in [6.45, 7) is 8.95. The van der Waals surface area contributed by atoms with E-state index in [1.807, 2.05) is 20.8 Å². The molecule has 4 heteroatoms. The Kier molecular flexibility index (Phi) is 5.32. The maximum absolute atomic E-state index is 12.6. The van der Waals surface area contributed by atoms with Crippen molar-refractivity contribution >= 4 is 5.97 Å². The Morgan fingerprint density at radius 1 is 1.36 bits per heavy atom. The van der Waals surface area contributed by atoms with Crippen LogP contribution >= 0.6 is 0 Å². The van der Waals surface area contributed by atoms with E-state index in [0.717, 1.165) is 12.0 Å². The molecule has 2 fully saturated rings. The predicted molar refractivity (Wildman–Crippen MR) is 99.2 cm³/mol. The van der Waals surface area contributed by atoms with E-state index in [2.05, 4.69) is 17.9 Å². The van der Waals surface area contributed by atoms with Crippen LogP contribution in [0.3, 0.4) is 0 Å². The summed E-state index contributed by atoms with van der Waals surface area (Å²) < 4.78 is 5.63. The molecule has 3 rings (SSSR count). The van der Waals surface area contributed by atoms with Crippen molar-refractivity contribution in [3.8, 4) is 0 Å². The highest BCUT2D eigenvalue weighted by atomic mass is 16.6. The number of nitrogens with zero attached hydrogens (tertiary/aromatic N) is 1. The fraction of sp³-hybridized carbons (Fsp3) is 0.857. The second-order valence-electron chi connectivity index (χ2n) is 9.40. The monoisotopic (exact) mass is 349 g/mol. The Bertz CT molecular complexity index is 536. The van der Waals surface area contributed by atoms with Gasteiger partial charge in [0.2, 0.25) is 0 Å². The summed E-state index contributed by atoms with van der Waals surface area (Å²) in [4.78, 5) is 15.2. The van der Waals surface area contributed by atoms with E-state index in [9.17, 15) is 9.90 Å². The van der Waals surface area contributed by atoms with Crippen LogP contribution in [0.15, 0.2) is 11.6 Å². The summed E-state index contributed by atoms with van der Waals surface area (Å²) in [6.07, 6.45) is 10.4. The molecular weight excluding hydrogens is 314 g/mol. The first-order valence-electron chi connectivity index (χ1n) is 10.1. The highest BCUT2D eigenvalue weighted by Crippen LogP contribution is 2.52. The van der Waals surface area contributed by atoms with Crippen molar-refractivity contribution in [1.82, 2.24) is 4.90 Å². The molecule has 2 heterocycles. The van der Waals surface area contributed by atoms with Gasteiger partial charge in [-0.2, -0.15) is 0 Å². The van der Waals surface area contributed by atoms with E-state index in [0.29, 0.717) is 24.4 Å². The summed E-state index contributed by atoms with van der Waals surface area (Å²) in [5.74, 6) is 0.715. The third-order valence-electron chi connectivity index (χ3n) is 6.59. The van der Waals surface area contributed by atoms with Crippen LogP contribution in [0, 0.1) is 11.8 Å². The van der Waals surface area contributed by atoms with E-state index >= 15 is 0 Å². The van der Waals surface area contributed by atoms with Gasteiger partial charge in [0.15, 0.2) is 0 Å². The zero-order valence-corrected chi connectivity index (χ0v) is 16.4. The zero-order chi connectivity index (χ0) is 18.2. The molecule has 3 aliphatic rings. The molecule has 1 saturated carbocycles. The lowest BCUT2D eigenvalue weighted by atomic mass is 9.70. The van der Waals surface area contributed by atoms with Gasteiger partial charge in [-0.25, -0.2) is 4.79 Å². The van der Waals surface area contributed by atoms with Crippen molar-refractivity contribution in [2.24, 2.45) is 11.8 Å². The molecule has 25 heavy (non-hydrogen) atoms. The third-order valence-corrected chi connectivity index (χ3v) is 6.59. The normalized spacial score (nSPS) is 34.5. The van der Waals surface area contributed by atoms with Crippen molar-refractivity contribution in [2.75, 3.05) is 13.2 Å². The van der Waals surface area contributed by atoms with E-state index in [1.54, 1.807) is 0 Å². The minimum atomic E-state index is -0.449. The highest BCUT2D eigenvalue weighted by molar-refractivity contribution is 5.89. The molecular formula is C21H35NO3. The molecule has 1 saturated heterocycles. The quantitative estimate of drug-likeness (QED) is 0.790. The first kappa shape index (κ1) is 18.9. The van der Waals surface area contributed by atoms with Gasteiger partial charge in [0, 0.05) is 30.3 Å². The number of rotatable bonds is 3. The van der Waals surface area contributed by atoms with Gasteiger partial charge in [-0.15, -0.1) is 0 Å². The SMILES string of the molecule is C[C@@H](CO)[C@H]1CCC[C@@]12CCC[C@@H]1CC=C(C(=O)OC(C)(C)C)CN12. The zero-order valence-electron chi connectivity index (χ0n) is 16.4. The number of hydrogen-bond donors (Lipinski definition) is 1. The van der Waals surface area contributed by atoms with Gasteiger partial charge >= 0.3 is 5.97 Å². The average Bonchev–Trinajstić information content (AvgIpc) is 2.97. The number of carbonyl (C=O) groups is 1. The first-order chi connectivity index (χ1) is 11.8. The molecule has 0 aromatic rings. The lowest BCUT2D eigenvalue weighted by Gasteiger charge is -2.55. The number of aliphatic hydroxyl groups is 1. The molecule has 1 spiro atoms. The minimum absolute atomic E-state index is 0.156. The van der Waals surface area contributed by atoms with Crippen molar-refractivity contribution in [2.45, 2.75) is 89.8 Å². The molecule has 4 atom stereocenters. The van der Waals surface area contributed by atoms with Gasteiger partial charge in [0.25, 0.3) is 0 Å². The number of fused-ring (bicyclic) bond motifs is 2. The number of piperidine rings is 1. The summed E-state index contributed by atoms with van der Waals surface area (Å²) in [6, 6.07) is 0.548. The maximum atomic E-state index is 12.6. The number of esters is 1. The molecule has 0 bridgehead atoms. The van der Waals surface area contributed by atoms with Crippen LogP contribution in [0.5, 0.6) is 0 Å². The lowest BCUT2D eigenvalue weighted by molar-refractivity contribution is -0.151. The topological polar surface area (TPSA) is 49.8 Å². The Labute approximate surface area is 152 Å². The van der Waals surface area contributed by atoms with Crippen molar-refractivity contribution < 1.29 is 14.6 Å². The number of aliphatic hydroxyl groups excluding tert-OH is 1. The van der Waals surface area contributed by atoms with Crippen LogP contribution in [-0.2, 0) is 9.53 Å². The van der Waals surface area contributed by atoms with Gasteiger partial charge in [-0.1, -0.05) is 25.8 Å². The van der Waals surface area contributed by atoms with Crippen LogP contribution in [0.2, 0.25) is 0 Å². The number of ether oxygens (including phenoxy) is 1. The second-order valence-corrected chi connectivity index (χ2v) is 9.40. The standard InChI is InChI=1S/C21H35NO3/c1-15(14-23)18-8-6-12-21(18)11-5-7-17-10-9-16(13-22(17)21)19(24)25-20(2,3)4/h9,15,17-18,23H,5-8,10-14H2,1-4H3/t15-,17+,18+,21-/m0/s1. The summed E-state index contributed by atoms with van der Waals surface area (Å²) >= 11 is 0. The largest absolute Gasteiger partial charge is 0.457 e. The molecule has 2 aliphatic heterocycles. The van der Waals surface area contributed by atoms with Crippen molar-refractivity contribution in [3.63, 3.8) is 0 Å². The Morgan fingerprint density at radius 3 is 2.68 bits per heavy atom. The molecule has 0 aromatic heterocycles. The summed E-state index contributed by atoms with van der Waals surface area (Å²) in [7, 11) is 0. The van der Waals surface area contributed by atoms with E-state index in [-0.39, 0.29) is 18.1 Å². The van der Waals surface area contributed by atoms with Gasteiger partial charge in [-0.05, 0) is 64.7 Å². The van der Waals surface area contributed by atoms with E-state index in [1.165, 1.54) is 38.5 Å². The minimum Gasteiger partial charge on any atom is -0.457 e. The Morgan fingerprint density at radius 2 is 2.04 bits per heavy atom. The van der Waals surface area contributed by atoms with Gasteiger partial charge in [0.05, 0.1) is 0 Å². The van der Waals surface area contributed by atoms with Crippen LogP contribution in [0.4, 0.5) is 0 Å². The molecule has 0 radical (unpaired) electrons. The first-order valence-corrected chi connectivity index (χ1v) is 10.1. The molecule has 1 aliphatic carbocycles. The molecule has 0 unspecified atom stereocenters. The predicted octanol–water partition coefficient (Wildman–Crippen LogP) is 3.68. The van der Waals surface area contributed by atoms with Crippen molar-refractivity contribution in [3.05, 3.63) is 11.6 Å². The van der Waals surface area contributed by atoms with Crippen LogP contribution in [0.25, 0.3) is 0 Å². The van der Waals surface area contributed by atoms with Crippen LogP contribution in [-0.4, -0.2) is 46.3 Å². The average molecular weight is 350 g/mol. The Hall–Kier alpha value is -0.870. The Balaban J connectivity index is 1.83. The lowest BCUT2D eigenvalue weighted by Crippen LogP contribution is -2.61. The summed E-state index contributed by atoms with van der Waals surface area (Å²) in [5.41, 5.74) is 0.553. The van der Waals surface area contributed by atoms with Gasteiger partial charge in [0.1, 0.15) is 5.60 Å². The fourth-order valence-corrected chi connectivity index (χ4v) is 5.55. The molecule has 0 aromatic carbocycles. The fourth-order valence-electron chi connectivity index (χ4n) is 5.55. The van der Waals surface area contributed by atoms with Crippen molar-refractivity contribution in [1.29, 1.82) is 0 Å². The van der Waals surface area contributed by atoms with Crippen LogP contribution < -0.4 is 0 Å². The molecule has 1 N–H and O–H groups in total. The van der Waals surface area contributed by atoms with E-state index < -0.39 is 5.60 Å². The molecule has 0 amide bonds. The van der Waals surface area contributed by atoms with Gasteiger partial charge < -0.3 is 9.84 Å². The highest BCUT2D eigenvalue weighted by Gasteiger charge is 2.53. The van der Waals surface area contributed by atoms with E-state index in [4.69, 9.17) is 4.74 Å². The smallest absolute Gasteiger partial charge is 0.335 e.